The van der Waals surface area contributed by atoms with Crippen LogP contribution >= 0.6 is 0 Å². The van der Waals surface area contributed by atoms with E-state index in [-0.39, 0.29) is 49.3 Å². The number of phenols is 2. The van der Waals surface area contributed by atoms with Crippen LogP contribution in [-0.2, 0) is 26.2 Å². The summed E-state index contributed by atoms with van der Waals surface area (Å²) in [4.78, 5) is 0. The molecule has 0 saturated carbocycles. The van der Waals surface area contributed by atoms with Crippen LogP contribution in [0, 0.1) is 23.5 Å². The topological polar surface area (TPSA) is 40.5 Å². The maximum atomic E-state index is 14.0. The van der Waals surface area contributed by atoms with Gasteiger partial charge < -0.3 is 10.2 Å². The molecule has 0 bridgehead atoms. The smallest absolute Gasteiger partial charge is 0.124 e. The second-order valence-electron chi connectivity index (χ2n) is 9.77. The number of rotatable bonds is 7. The number of aromatic hydroxyl groups is 2. The molecule has 0 amide bonds. The van der Waals surface area contributed by atoms with Crippen molar-refractivity contribution in [1.29, 1.82) is 0 Å². The van der Waals surface area contributed by atoms with Crippen LogP contribution in [0.1, 0.15) is 64.5 Å². The summed E-state index contributed by atoms with van der Waals surface area (Å²) >= 11 is 0. The predicted molar refractivity (Wildman–Crippen MR) is 134 cm³/mol. The first kappa shape index (κ1) is 27.3. The first-order valence-electron chi connectivity index (χ1n) is 12.0. The largest absolute Gasteiger partial charge is 0.507 e. The molecule has 4 rings (SSSR count). The van der Waals surface area contributed by atoms with Gasteiger partial charge in [0.15, 0.2) is 0 Å². The van der Waals surface area contributed by atoms with Gasteiger partial charge in [0.25, 0.3) is 0 Å². The molecule has 0 heterocycles. The van der Waals surface area contributed by atoms with Crippen LogP contribution in [0.5, 0.6) is 11.5 Å². The number of phenolic OH excluding ortho intramolecular Hbond substituents is 2. The maximum absolute atomic E-state index is 14.0. The molecule has 2 nitrogen and oxygen atoms in total. The van der Waals surface area contributed by atoms with E-state index in [2.05, 4.69) is 39.8 Å². The monoisotopic (exact) mass is 552 g/mol. The van der Waals surface area contributed by atoms with Gasteiger partial charge in [0.05, 0.1) is 0 Å². The Hall–Kier alpha value is -2.26. The Morgan fingerprint density at radius 2 is 1.06 bits per heavy atom. The summed E-state index contributed by atoms with van der Waals surface area (Å²) in [5.74, 6) is 0.0244. The summed E-state index contributed by atoms with van der Waals surface area (Å²) in [6.07, 6.45) is 7.11. The molecule has 2 N–H and O–H groups in total. The zero-order chi connectivity index (χ0) is 24.6. The molecule has 182 valence electrons. The van der Waals surface area contributed by atoms with Crippen molar-refractivity contribution in [3.8, 4) is 11.5 Å². The minimum atomic E-state index is -0.370. The Morgan fingerprint density at radius 1 is 0.686 bits per heavy atom. The van der Waals surface area contributed by atoms with E-state index in [1.54, 1.807) is 0 Å². The normalized spacial score (nSPS) is 15.8. The Balaban J connectivity index is 0.00000342. The molecule has 2 aromatic carbocycles. The van der Waals surface area contributed by atoms with E-state index >= 15 is 0 Å². The summed E-state index contributed by atoms with van der Waals surface area (Å²) in [5.41, 5.74) is 7.75. The molecule has 5 heteroatoms. The molecular formula is C30H32F2O2Zr. The third-order valence-electron chi connectivity index (χ3n) is 6.91. The average Bonchev–Trinajstić information content (AvgIpc) is 3.40. The van der Waals surface area contributed by atoms with Crippen molar-refractivity contribution in [2.75, 3.05) is 0 Å². The quantitative estimate of drug-likeness (QED) is 0.362. The summed E-state index contributed by atoms with van der Waals surface area (Å²) in [6.45, 7) is 8.57. The van der Waals surface area contributed by atoms with Crippen molar-refractivity contribution in [2.45, 2.75) is 53.4 Å². The van der Waals surface area contributed by atoms with Gasteiger partial charge in [-0.05, 0) is 107 Å². The van der Waals surface area contributed by atoms with Crippen LogP contribution in [0.3, 0.4) is 0 Å². The van der Waals surface area contributed by atoms with Gasteiger partial charge in [0, 0.05) is 37.3 Å². The van der Waals surface area contributed by atoms with Crippen LogP contribution < -0.4 is 0 Å². The van der Waals surface area contributed by atoms with E-state index in [1.165, 1.54) is 47.5 Å². The van der Waals surface area contributed by atoms with E-state index < -0.39 is 0 Å². The van der Waals surface area contributed by atoms with E-state index in [4.69, 9.17) is 0 Å². The molecule has 2 aliphatic carbocycles. The molecule has 2 aromatic rings. The predicted octanol–water partition coefficient (Wildman–Crippen LogP) is 8.33. The minimum Gasteiger partial charge on any atom is -0.507 e. The van der Waals surface area contributed by atoms with Crippen molar-refractivity contribution in [1.82, 2.24) is 0 Å². The molecule has 0 fully saturated rings. The van der Waals surface area contributed by atoms with Gasteiger partial charge in [0.2, 0.25) is 0 Å². The molecule has 0 radical (unpaired) electrons. The van der Waals surface area contributed by atoms with Crippen LogP contribution in [-0.4, -0.2) is 10.2 Å². The molecule has 0 saturated heterocycles. The third kappa shape index (κ3) is 5.61. The summed E-state index contributed by atoms with van der Waals surface area (Å²) in [7, 11) is 0. The first-order valence-corrected chi connectivity index (χ1v) is 12.0. The van der Waals surface area contributed by atoms with E-state index in [0.29, 0.717) is 48.6 Å². The molecule has 0 aliphatic heterocycles. The number of hydrogen-bond donors (Lipinski definition) is 2. The van der Waals surface area contributed by atoms with Crippen molar-refractivity contribution >= 4 is 11.1 Å². The fourth-order valence-electron chi connectivity index (χ4n) is 5.32. The fourth-order valence-corrected chi connectivity index (χ4v) is 5.32. The van der Waals surface area contributed by atoms with Crippen LogP contribution in [0.2, 0.25) is 0 Å². The SMILES string of the molecule is CC(C)C1=CCC(c2cc(F)ccc2O)=C1CCC1=C(c2cc(F)ccc2O)CC=C1C(C)C.[Zr]. The third-order valence-corrected chi connectivity index (χ3v) is 6.91. The summed E-state index contributed by atoms with van der Waals surface area (Å²) < 4.78 is 28.1. The molecule has 0 spiro atoms. The maximum Gasteiger partial charge on any atom is 0.124 e. The molecule has 0 unspecified atom stereocenters. The zero-order valence-electron chi connectivity index (χ0n) is 20.8. The van der Waals surface area contributed by atoms with Gasteiger partial charge in [-0.1, -0.05) is 39.8 Å². The Morgan fingerprint density at radius 3 is 1.40 bits per heavy atom. The number of allylic oxidation sites excluding steroid dienone is 8. The molecule has 0 atom stereocenters. The van der Waals surface area contributed by atoms with Crippen molar-refractivity contribution in [2.24, 2.45) is 11.8 Å². The van der Waals surface area contributed by atoms with Crippen molar-refractivity contribution < 1.29 is 45.2 Å². The van der Waals surface area contributed by atoms with Gasteiger partial charge in [0.1, 0.15) is 23.1 Å². The summed E-state index contributed by atoms with van der Waals surface area (Å²) in [5, 5.41) is 20.9. The molecule has 2 aliphatic rings. The Labute approximate surface area is 225 Å². The van der Waals surface area contributed by atoms with Crippen LogP contribution in [0.4, 0.5) is 8.78 Å². The Kier molecular flexibility index (Phi) is 8.75. The Bertz CT molecular complexity index is 1150. The molecule has 35 heavy (non-hydrogen) atoms. The average molecular weight is 554 g/mol. The number of halogens is 2. The van der Waals surface area contributed by atoms with Gasteiger partial charge in [-0.3, -0.25) is 0 Å². The molecular weight excluding hydrogens is 522 g/mol. The van der Waals surface area contributed by atoms with Crippen molar-refractivity contribution in [3.63, 3.8) is 0 Å². The fraction of sp³-hybridized carbons (Fsp3) is 0.333. The van der Waals surface area contributed by atoms with Gasteiger partial charge in [-0.15, -0.1) is 0 Å². The van der Waals surface area contributed by atoms with Crippen molar-refractivity contribution in [3.05, 3.63) is 93.6 Å². The standard InChI is InChI=1S/C30H32F2O2.Zr/c1-17(2)21-7-9-25(27-15-19(31)5-13-29(27)33)23(21)11-12-24-22(18(3)4)8-10-26(24)28-16-20(32)6-14-30(28)34;/h5-8,13-18,33-34H,9-12H2,1-4H3;. The van der Waals surface area contributed by atoms with Gasteiger partial charge in [-0.25, -0.2) is 8.78 Å². The second kappa shape index (κ2) is 11.2. The molecule has 0 aromatic heterocycles. The minimum absolute atomic E-state index is 0. The number of benzene rings is 2. The summed E-state index contributed by atoms with van der Waals surface area (Å²) in [6, 6.07) is 8.18. The van der Waals surface area contributed by atoms with E-state index in [0.717, 1.165) is 22.3 Å². The van der Waals surface area contributed by atoms with E-state index in [9.17, 15) is 19.0 Å². The second-order valence-corrected chi connectivity index (χ2v) is 9.77. The number of hydrogen-bond acceptors (Lipinski definition) is 2. The van der Waals surface area contributed by atoms with Gasteiger partial charge >= 0.3 is 0 Å². The van der Waals surface area contributed by atoms with Crippen LogP contribution in [0.25, 0.3) is 11.1 Å². The van der Waals surface area contributed by atoms with Gasteiger partial charge in [-0.2, -0.15) is 0 Å². The zero-order valence-corrected chi connectivity index (χ0v) is 23.2. The van der Waals surface area contributed by atoms with Crippen LogP contribution in [0.15, 0.2) is 70.8 Å². The first-order chi connectivity index (χ1) is 16.2. The van der Waals surface area contributed by atoms with E-state index in [1.807, 2.05) is 0 Å².